The SMILES string of the molecule is CCCCc1ccc2c(C#Cc3ccc(F)cc3)cccc2c1. The first-order valence-electron chi connectivity index (χ1n) is 8.05. The molecule has 3 aromatic carbocycles. The molecule has 23 heavy (non-hydrogen) atoms. The molecule has 0 atom stereocenters. The minimum atomic E-state index is -0.236. The third kappa shape index (κ3) is 3.79. The monoisotopic (exact) mass is 302 g/mol. The highest BCUT2D eigenvalue weighted by atomic mass is 19.1. The lowest BCUT2D eigenvalue weighted by molar-refractivity contribution is 0.627. The molecule has 0 aliphatic carbocycles. The number of hydrogen-bond donors (Lipinski definition) is 0. The summed E-state index contributed by atoms with van der Waals surface area (Å²) in [5, 5.41) is 2.40. The van der Waals surface area contributed by atoms with Crippen LogP contribution in [0.2, 0.25) is 0 Å². The van der Waals surface area contributed by atoms with Crippen molar-refractivity contribution in [2.45, 2.75) is 26.2 Å². The van der Waals surface area contributed by atoms with E-state index < -0.39 is 0 Å². The average Bonchev–Trinajstić information content (AvgIpc) is 2.59. The van der Waals surface area contributed by atoms with Crippen molar-refractivity contribution in [1.82, 2.24) is 0 Å². The van der Waals surface area contributed by atoms with Gasteiger partial charge in [0.25, 0.3) is 0 Å². The van der Waals surface area contributed by atoms with Gasteiger partial charge in [-0.25, -0.2) is 4.39 Å². The van der Waals surface area contributed by atoms with Gasteiger partial charge in [0, 0.05) is 11.1 Å². The quantitative estimate of drug-likeness (QED) is 0.543. The van der Waals surface area contributed by atoms with Crippen molar-refractivity contribution in [2.75, 3.05) is 0 Å². The summed E-state index contributed by atoms with van der Waals surface area (Å²) < 4.78 is 12.9. The molecule has 0 saturated carbocycles. The molecular weight excluding hydrogens is 283 g/mol. The standard InChI is InChI=1S/C22H19F/c1-2-3-5-18-11-15-22-19(6-4-7-20(22)16-18)12-8-17-9-13-21(23)14-10-17/h4,6-7,9-11,13-16H,2-3,5H2,1H3. The van der Waals surface area contributed by atoms with Gasteiger partial charge in [-0.1, -0.05) is 55.5 Å². The van der Waals surface area contributed by atoms with E-state index in [-0.39, 0.29) is 5.82 Å². The van der Waals surface area contributed by atoms with Crippen LogP contribution in [0.15, 0.2) is 60.7 Å². The van der Waals surface area contributed by atoms with Crippen molar-refractivity contribution < 1.29 is 4.39 Å². The van der Waals surface area contributed by atoms with Gasteiger partial charge in [-0.2, -0.15) is 0 Å². The molecule has 0 bridgehead atoms. The van der Waals surface area contributed by atoms with Gasteiger partial charge in [0.1, 0.15) is 5.82 Å². The second kappa shape index (κ2) is 7.11. The molecule has 0 fully saturated rings. The van der Waals surface area contributed by atoms with E-state index in [0.717, 1.165) is 17.5 Å². The summed E-state index contributed by atoms with van der Waals surface area (Å²) >= 11 is 0. The van der Waals surface area contributed by atoms with Gasteiger partial charge in [0.15, 0.2) is 0 Å². The Hall–Kier alpha value is -2.59. The van der Waals surface area contributed by atoms with Crippen LogP contribution in [0.1, 0.15) is 36.5 Å². The van der Waals surface area contributed by atoms with Crippen molar-refractivity contribution in [3.8, 4) is 11.8 Å². The van der Waals surface area contributed by atoms with Crippen molar-refractivity contribution >= 4 is 10.8 Å². The molecule has 0 aromatic heterocycles. The van der Waals surface area contributed by atoms with Crippen molar-refractivity contribution in [1.29, 1.82) is 0 Å². The van der Waals surface area contributed by atoms with Crippen LogP contribution in [-0.2, 0) is 6.42 Å². The first-order chi connectivity index (χ1) is 11.3. The lowest BCUT2D eigenvalue weighted by Gasteiger charge is -2.05. The molecule has 0 aliphatic heterocycles. The van der Waals surface area contributed by atoms with Crippen LogP contribution in [0.25, 0.3) is 10.8 Å². The fourth-order valence-corrected chi connectivity index (χ4v) is 2.65. The Labute approximate surface area is 137 Å². The third-order valence-electron chi connectivity index (χ3n) is 3.95. The Morgan fingerprint density at radius 2 is 1.74 bits per heavy atom. The zero-order valence-electron chi connectivity index (χ0n) is 13.3. The van der Waals surface area contributed by atoms with E-state index in [9.17, 15) is 4.39 Å². The van der Waals surface area contributed by atoms with E-state index in [4.69, 9.17) is 0 Å². The molecule has 1 heteroatoms. The van der Waals surface area contributed by atoms with E-state index in [1.807, 2.05) is 12.1 Å². The zero-order valence-corrected chi connectivity index (χ0v) is 13.3. The zero-order chi connectivity index (χ0) is 16.1. The Morgan fingerprint density at radius 1 is 0.913 bits per heavy atom. The molecule has 0 N–H and O–H groups in total. The number of halogens is 1. The Balaban J connectivity index is 1.94. The van der Waals surface area contributed by atoms with E-state index in [1.54, 1.807) is 12.1 Å². The van der Waals surface area contributed by atoms with Crippen molar-refractivity contribution in [3.05, 3.63) is 83.2 Å². The second-order valence-electron chi connectivity index (χ2n) is 5.72. The van der Waals surface area contributed by atoms with Crippen LogP contribution in [-0.4, -0.2) is 0 Å². The largest absolute Gasteiger partial charge is 0.207 e. The molecule has 114 valence electrons. The van der Waals surface area contributed by atoms with Crippen LogP contribution in [0, 0.1) is 17.7 Å². The molecule has 0 radical (unpaired) electrons. The maximum Gasteiger partial charge on any atom is 0.123 e. The van der Waals surface area contributed by atoms with Gasteiger partial charge < -0.3 is 0 Å². The lowest BCUT2D eigenvalue weighted by atomic mass is 10.00. The van der Waals surface area contributed by atoms with Gasteiger partial charge >= 0.3 is 0 Å². The van der Waals surface area contributed by atoms with Crippen LogP contribution >= 0.6 is 0 Å². The van der Waals surface area contributed by atoms with E-state index >= 15 is 0 Å². The summed E-state index contributed by atoms with van der Waals surface area (Å²) in [5.41, 5.74) is 3.21. The number of unbranched alkanes of at least 4 members (excludes halogenated alkanes) is 1. The van der Waals surface area contributed by atoms with Gasteiger partial charge in [-0.3, -0.25) is 0 Å². The molecule has 0 unspecified atom stereocenters. The number of rotatable bonds is 3. The third-order valence-corrected chi connectivity index (χ3v) is 3.95. The van der Waals surface area contributed by atoms with Gasteiger partial charge in [0.2, 0.25) is 0 Å². The molecule has 0 amide bonds. The predicted octanol–water partition coefficient (Wildman–Crippen LogP) is 5.72. The Bertz CT molecular complexity index is 864. The van der Waals surface area contributed by atoms with Gasteiger partial charge in [-0.15, -0.1) is 0 Å². The Kier molecular flexibility index (Phi) is 4.74. The number of hydrogen-bond acceptors (Lipinski definition) is 0. The van der Waals surface area contributed by atoms with E-state index in [2.05, 4.69) is 43.0 Å². The highest BCUT2D eigenvalue weighted by molar-refractivity contribution is 5.88. The van der Waals surface area contributed by atoms with E-state index in [1.165, 1.54) is 41.3 Å². The minimum Gasteiger partial charge on any atom is -0.207 e. The van der Waals surface area contributed by atoms with Crippen LogP contribution in [0.5, 0.6) is 0 Å². The fourth-order valence-electron chi connectivity index (χ4n) is 2.65. The number of fused-ring (bicyclic) bond motifs is 1. The van der Waals surface area contributed by atoms with Crippen LogP contribution in [0.4, 0.5) is 4.39 Å². The molecule has 0 aliphatic rings. The first kappa shape index (κ1) is 15.3. The number of aryl methyl sites for hydroxylation is 1. The normalized spacial score (nSPS) is 10.3. The summed E-state index contributed by atoms with van der Waals surface area (Å²) in [4.78, 5) is 0. The fraction of sp³-hybridized carbons (Fsp3) is 0.182. The van der Waals surface area contributed by atoms with Crippen LogP contribution in [0.3, 0.4) is 0 Å². The molecule has 0 nitrogen and oxygen atoms in total. The molecule has 0 heterocycles. The summed E-state index contributed by atoms with van der Waals surface area (Å²) in [7, 11) is 0. The molecular formula is C22H19F. The molecule has 0 saturated heterocycles. The predicted molar refractivity (Wildman–Crippen MR) is 94.9 cm³/mol. The highest BCUT2D eigenvalue weighted by Crippen LogP contribution is 2.21. The molecule has 3 rings (SSSR count). The van der Waals surface area contributed by atoms with Crippen LogP contribution < -0.4 is 0 Å². The second-order valence-corrected chi connectivity index (χ2v) is 5.72. The molecule has 3 aromatic rings. The van der Waals surface area contributed by atoms with Crippen molar-refractivity contribution in [2.24, 2.45) is 0 Å². The maximum atomic E-state index is 12.9. The smallest absolute Gasteiger partial charge is 0.123 e. The maximum absolute atomic E-state index is 12.9. The number of benzene rings is 3. The topological polar surface area (TPSA) is 0 Å². The lowest BCUT2D eigenvalue weighted by Crippen LogP contribution is -1.86. The molecule has 0 spiro atoms. The Morgan fingerprint density at radius 3 is 2.52 bits per heavy atom. The average molecular weight is 302 g/mol. The van der Waals surface area contributed by atoms with E-state index in [0.29, 0.717) is 0 Å². The summed E-state index contributed by atoms with van der Waals surface area (Å²) in [5.74, 6) is 6.09. The van der Waals surface area contributed by atoms with Gasteiger partial charge in [0.05, 0.1) is 0 Å². The highest BCUT2D eigenvalue weighted by Gasteiger charge is 2.00. The summed E-state index contributed by atoms with van der Waals surface area (Å²) in [6.07, 6.45) is 3.55. The summed E-state index contributed by atoms with van der Waals surface area (Å²) in [6.45, 7) is 2.21. The first-order valence-corrected chi connectivity index (χ1v) is 8.05. The van der Waals surface area contributed by atoms with Crippen molar-refractivity contribution in [3.63, 3.8) is 0 Å². The summed E-state index contributed by atoms with van der Waals surface area (Å²) in [6, 6.07) is 19.1. The minimum absolute atomic E-state index is 0.236. The van der Waals surface area contributed by atoms with Gasteiger partial charge in [-0.05, 0) is 59.5 Å².